The highest BCUT2D eigenvalue weighted by Gasteiger charge is 2.19. The summed E-state index contributed by atoms with van der Waals surface area (Å²) >= 11 is 0. The summed E-state index contributed by atoms with van der Waals surface area (Å²) in [5, 5.41) is 0. The molecule has 0 heterocycles. The average molecular weight is 296 g/mol. The summed E-state index contributed by atoms with van der Waals surface area (Å²) in [6, 6.07) is 0. The maximum atomic E-state index is 11.5. The Morgan fingerprint density at radius 1 is 0.857 bits per heavy atom. The van der Waals surface area contributed by atoms with Gasteiger partial charge in [-0.3, -0.25) is 4.79 Å². The SMILES string of the molecule is CCCCCOC(=O)CCCCCCCCCCC1CC1. The number of hydrogen-bond acceptors (Lipinski definition) is 2. The number of ether oxygens (including phenoxy) is 1. The number of carbonyl (C=O) groups is 1. The number of hydrogen-bond donors (Lipinski definition) is 0. The van der Waals surface area contributed by atoms with Crippen LogP contribution in [0.25, 0.3) is 0 Å². The lowest BCUT2D eigenvalue weighted by Crippen LogP contribution is -2.05. The van der Waals surface area contributed by atoms with Crippen molar-refractivity contribution in [2.75, 3.05) is 6.61 Å². The average Bonchev–Trinajstić information content (AvgIpc) is 3.30. The third-order valence-electron chi connectivity index (χ3n) is 4.45. The van der Waals surface area contributed by atoms with Crippen molar-refractivity contribution < 1.29 is 9.53 Å². The van der Waals surface area contributed by atoms with E-state index in [-0.39, 0.29) is 5.97 Å². The Bertz CT molecular complexity index is 246. The van der Waals surface area contributed by atoms with Crippen molar-refractivity contribution in [2.45, 2.75) is 103 Å². The molecule has 0 bridgehead atoms. The molecule has 1 fully saturated rings. The van der Waals surface area contributed by atoms with Crippen molar-refractivity contribution in [1.29, 1.82) is 0 Å². The van der Waals surface area contributed by atoms with Gasteiger partial charge in [0.05, 0.1) is 6.61 Å². The fraction of sp³-hybridized carbons (Fsp3) is 0.947. The third kappa shape index (κ3) is 12.9. The molecule has 0 spiro atoms. The maximum absolute atomic E-state index is 11.5. The highest BCUT2D eigenvalue weighted by Crippen LogP contribution is 2.34. The Kier molecular flexibility index (Phi) is 11.6. The van der Waals surface area contributed by atoms with E-state index in [2.05, 4.69) is 6.92 Å². The van der Waals surface area contributed by atoms with E-state index < -0.39 is 0 Å². The molecule has 0 saturated heterocycles. The lowest BCUT2D eigenvalue weighted by atomic mass is 10.1. The summed E-state index contributed by atoms with van der Waals surface area (Å²) in [5.74, 6) is 1.11. The van der Waals surface area contributed by atoms with Crippen LogP contribution in [-0.4, -0.2) is 12.6 Å². The Morgan fingerprint density at radius 2 is 1.48 bits per heavy atom. The van der Waals surface area contributed by atoms with Crippen molar-refractivity contribution in [3.63, 3.8) is 0 Å². The van der Waals surface area contributed by atoms with Crippen molar-refractivity contribution in [1.82, 2.24) is 0 Å². The van der Waals surface area contributed by atoms with Crippen molar-refractivity contribution in [2.24, 2.45) is 5.92 Å². The molecule has 2 nitrogen and oxygen atoms in total. The van der Waals surface area contributed by atoms with Crippen LogP contribution in [0.2, 0.25) is 0 Å². The molecule has 21 heavy (non-hydrogen) atoms. The van der Waals surface area contributed by atoms with Crippen LogP contribution in [0.3, 0.4) is 0 Å². The van der Waals surface area contributed by atoms with Gasteiger partial charge in [-0.05, 0) is 18.8 Å². The Morgan fingerprint density at radius 3 is 2.10 bits per heavy atom. The molecule has 2 heteroatoms. The zero-order chi connectivity index (χ0) is 15.2. The molecule has 0 atom stereocenters. The third-order valence-corrected chi connectivity index (χ3v) is 4.45. The van der Waals surface area contributed by atoms with E-state index in [0.29, 0.717) is 13.0 Å². The normalized spacial score (nSPS) is 14.3. The van der Waals surface area contributed by atoms with E-state index in [1.54, 1.807) is 0 Å². The monoisotopic (exact) mass is 296 g/mol. The zero-order valence-corrected chi connectivity index (χ0v) is 14.2. The van der Waals surface area contributed by atoms with Gasteiger partial charge in [0, 0.05) is 6.42 Å². The van der Waals surface area contributed by atoms with E-state index in [1.165, 1.54) is 70.6 Å². The molecule has 0 unspecified atom stereocenters. The molecule has 0 N–H and O–H groups in total. The smallest absolute Gasteiger partial charge is 0.305 e. The first kappa shape index (κ1) is 18.5. The molecule has 124 valence electrons. The molecular weight excluding hydrogens is 260 g/mol. The second-order valence-corrected chi connectivity index (χ2v) is 6.74. The minimum absolute atomic E-state index is 0.00572. The standard InChI is InChI=1S/C19H36O2/c1-2-3-12-17-21-19(20)14-11-9-7-5-4-6-8-10-13-18-15-16-18/h18H,2-17H2,1H3. The summed E-state index contributed by atoms with van der Waals surface area (Å²) in [4.78, 5) is 11.5. The molecule has 0 aliphatic heterocycles. The molecule has 1 saturated carbocycles. The zero-order valence-electron chi connectivity index (χ0n) is 14.2. The summed E-state index contributed by atoms with van der Waals surface area (Å²) in [6.07, 6.45) is 19.0. The largest absolute Gasteiger partial charge is 0.466 e. The first-order chi connectivity index (χ1) is 10.3. The summed E-state index contributed by atoms with van der Waals surface area (Å²) < 4.78 is 5.20. The van der Waals surface area contributed by atoms with E-state index in [9.17, 15) is 4.79 Å². The summed E-state index contributed by atoms with van der Waals surface area (Å²) in [6.45, 7) is 2.78. The van der Waals surface area contributed by atoms with Gasteiger partial charge >= 0.3 is 5.97 Å². The first-order valence-electron chi connectivity index (χ1n) is 9.48. The second-order valence-electron chi connectivity index (χ2n) is 6.74. The van der Waals surface area contributed by atoms with Crippen LogP contribution in [0, 0.1) is 5.92 Å². The van der Waals surface area contributed by atoms with Gasteiger partial charge in [0.25, 0.3) is 0 Å². The fourth-order valence-corrected chi connectivity index (χ4v) is 2.78. The molecule has 0 aromatic rings. The summed E-state index contributed by atoms with van der Waals surface area (Å²) in [5.41, 5.74) is 0. The van der Waals surface area contributed by atoms with Crippen LogP contribution in [0.4, 0.5) is 0 Å². The van der Waals surface area contributed by atoms with Gasteiger partial charge in [0.2, 0.25) is 0 Å². The minimum atomic E-state index is 0.00572. The van der Waals surface area contributed by atoms with Crippen LogP contribution in [0.1, 0.15) is 103 Å². The number of rotatable bonds is 15. The van der Waals surface area contributed by atoms with Crippen LogP contribution in [0.15, 0.2) is 0 Å². The van der Waals surface area contributed by atoms with Gasteiger partial charge in [-0.25, -0.2) is 0 Å². The predicted molar refractivity (Wildman–Crippen MR) is 89.4 cm³/mol. The molecule has 0 radical (unpaired) electrons. The lowest BCUT2D eigenvalue weighted by molar-refractivity contribution is -0.143. The van der Waals surface area contributed by atoms with E-state index in [1.807, 2.05) is 0 Å². The molecular formula is C19H36O2. The quantitative estimate of drug-likeness (QED) is 0.272. The summed E-state index contributed by atoms with van der Waals surface area (Å²) in [7, 11) is 0. The minimum Gasteiger partial charge on any atom is -0.466 e. The topological polar surface area (TPSA) is 26.3 Å². The van der Waals surface area contributed by atoms with E-state index in [4.69, 9.17) is 4.74 Å². The molecule has 0 aromatic heterocycles. The van der Waals surface area contributed by atoms with Gasteiger partial charge in [0.1, 0.15) is 0 Å². The highest BCUT2D eigenvalue weighted by atomic mass is 16.5. The molecule has 1 aliphatic rings. The van der Waals surface area contributed by atoms with Gasteiger partial charge < -0.3 is 4.74 Å². The Labute approximate surface area is 132 Å². The molecule has 0 amide bonds. The number of esters is 1. The van der Waals surface area contributed by atoms with Gasteiger partial charge in [-0.1, -0.05) is 84.0 Å². The predicted octanol–water partition coefficient (Wildman–Crippen LogP) is 6.03. The van der Waals surface area contributed by atoms with Crippen LogP contribution >= 0.6 is 0 Å². The molecule has 0 aromatic carbocycles. The van der Waals surface area contributed by atoms with Gasteiger partial charge in [-0.2, -0.15) is 0 Å². The molecule has 1 rings (SSSR count). The van der Waals surface area contributed by atoms with Gasteiger partial charge in [0.15, 0.2) is 0 Å². The lowest BCUT2D eigenvalue weighted by Gasteiger charge is -2.04. The van der Waals surface area contributed by atoms with Gasteiger partial charge in [-0.15, -0.1) is 0 Å². The number of unbranched alkanes of at least 4 members (excludes halogenated alkanes) is 9. The second kappa shape index (κ2) is 13.2. The van der Waals surface area contributed by atoms with E-state index in [0.717, 1.165) is 25.2 Å². The Hall–Kier alpha value is -0.530. The number of carbonyl (C=O) groups excluding carboxylic acids is 1. The maximum Gasteiger partial charge on any atom is 0.305 e. The highest BCUT2D eigenvalue weighted by molar-refractivity contribution is 5.69. The van der Waals surface area contributed by atoms with Crippen LogP contribution in [-0.2, 0) is 9.53 Å². The van der Waals surface area contributed by atoms with Crippen LogP contribution in [0.5, 0.6) is 0 Å². The van der Waals surface area contributed by atoms with Crippen molar-refractivity contribution >= 4 is 5.97 Å². The van der Waals surface area contributed by atoms with Crippen molar-refractivity contribution in [3.05, 3.63) is 0 Å². The van der Waals surface area contributed by atoms with Crippen molar-refractivity contribution in [3.8, 4) is 0 Å². The first-order valence-corrected chi connectivity index (χ1v) is 9.48. The van der Waals surface area contributed by atoms with Crippen LogP contribution < -0.4 is 0 Å². The van der Waals surface area contributed by atoms with E-state index >= 15 is 0 Å². The Balaban J connectivity index is 1.70. The fourth-order valence-electron chi connectivity index (χ4n) is 2.78. The molecule has 1 aliphatic carbocycles.